The quantitative estimate of drug-likeness (QED) is 0.0323. The van der Waals surface area contributed by atoms with Crippen LogP contribution in [0.2, 0.25) is 0 Å². The first kappa shape index (κ1) is 56.3. The third kappa shape index (κ3) is 41.8. The summed E-state index contributed by atoms with van der Waals surface area (Å²) >= 11 is 0. The third-order valence-corrected chi connectivity index (χ3v) is 11.0. The van der Waals surface area contributed by atoms with Crippen LogP contribution >= 0.6 is 0 Å². The molecule has 0 aliphatic heterocycles. The molecule has 6 heteroatoms. The smallest absolute Gasteiger partial charge is 0.306 e. The molecule has 0 heterocycles. The summed E-state index contributed by atoms with van der Waals surface area (Å²) in [4.78, 5) is 26.0. The van der Waals surface area contributed by atoms with Crippen molar-refractivity contribution in [3.8, 4) is 0 Å². The number of esters is 1. The van der Waals surface area contributed by atoms with E-state index in [2.05, 4.69) is 44.3 Å². The molecular weight excluding hydrogens is 731 g/mol. The van der Waals surface area contributed by atoms with Crippen LogP contribution in [0.25, 0.3) is 0 Å². The molecule has 0 aromatic heterocycles. The number of carbonyl (C=O) groups excluding carboxylic acids is 2. The zero-order valence-corrected chi connectivity index (χ0v) is 38.6. The highest BCUT2D eigenvalue weighted by molar-refractivity contribution is 5.77. The lowest BCUT2D eigenvalue weighted by Gasteiger charge is -2.24. The van der Waals surface area contributed by atoms with Crippen molar-refractivity contribution in [2.75, 3.05) is 6.61 Å². The lowest BCUT2D eigenvalue weighted by atomic mass is 10.0. The van der Waals surface area contributed by atoms with Gasteiger partial charge in [0.25, 0.3) is 0 Å². The van der Waals surface area contributed by atoms with Gasteiger partial charge in [0, 0.05) is 6.42 Å². The fraction of sp³-hybridized carbons (Fsp3) is 0.736. The lowest BCUT2D eigenvalue weighted by molar-refractivity contribution is -0.151. The summed E-state index contributed by atoms with van der Waals surface area (Å²) in [5.41, 5.74) is 0. The number of hydrogen-bond acceptors (Lipinski definition) is 5. The van der Waals surface area contributed by atoms with Crippen molar-refractivity contribution >= 4 is 11.9 Å². The van der Waals surface area contributed by atoms with E-state index in [-0.39, 0.29) is 24.9 Å². The number of unbranched alkanes of at least 4 members (excludes halogenated alkanes) is 24. The fourth-order valence-corrected chi connectivity index (χ4v) is 7.23. The number of ether oxygens (including phenoxy) is 1. The van der Waals surface area contributed by atoms with E-state index in [1.54, 1.807) is 0 Å². The Morgan fingerprint density at radius 1 is 0.508 bits per heavy atom. The zero-order chi connectivity index (χ0) is 43.1. The van der Waals surface area contributed by atoms with E-state index in [0.29, 0.717) is 19.3 Å². The summed E-state index contributed by atoms with van der Waals surface area (Å²) in [6.07, 6.45) is 58.1. The summed E-state index contributed by atoms with van der Waals surface area (Å²) < 4.78 is 5.89. The van der Waals surface area contributed by atoms with E-state index in [9.17, 15) is 19.8 Å². The van der Waals surface area contributed by atoms with Gasteiger partial charge in [0.2, 0.25) is 5.91 Å². The fourth-order valence-electron chi connectivity index (χ4n) is 7.23. The largest absolute Gasteiger partial charge is 0.462 e. The SMILES string of the molecule is CC\C=C/C=C/C=C/C=C\C=C\C=C\CCCCCC(=O)OC(CCCCCCCCCCC)CC(=O)NC(CO)C(O)CCCCCCCCCCCCCCCC. The van der Waals surface area contributed by atoms with Crippen molar-refractivity contribution in [2.45, 2.75) is 244 Å². The molecule has 0 fully saturated rings. The first-order valence-corrected chi connectivity index (χ1v) is 24.7. The number of hydrogen-bond donors (Lipinski definition) is 3. The highest BCUT2D eigenvalue weighted by atomic mass is 16.5. The van der Waals surface area contributed by atoms with E-state index in [1.165, 1.54) is 109 Å². The van der Waals surface area contributed by atoms with Crippen LogP contribution in [0, 0.1) is 0 Å². The summed E-state index contributed by atoms with van der Waals surface area (Å²) in [6, 6.07) is -0.711. The second-order valence-corrected chi connectivity index (χ2v) is 16.6. The third-order valence-electron chi connectivity index (χ3n) is 11.0. The highest BCUT2D eigenvalue weighted by Gasteiger charge is 2.24. The molecule has 0 radical (unpaired) electrons. The average Bonchev–Trinajstić information content (AvgIpc) is 3.23. The molecule has 0 bridgehead atoms. The van der Waals surface area contributed by atoms with Crippen molar-refractivity contribution in [2.24, 2.45) is 0 Å². The van der Waals surface area contributed by atoms with Crippen LogP contribution in [-0.2, 0) is 14.3 Å². The molecule has 0 aromatic carbocycles. The average molecular weight is 824 g/mol. The minimum atomic E-state index is -0.796. The molecule has 3 unspecified atom stereocenters. The van der Waals surface area contributed by atoms with Crippen LogP contribution in [0.4, 0.5) is 0 Å². The molecule has 0 aromatic rings. The minimum absolute atomic E-state index is 0.0579. The summed E-state index contributed by atoms with van der Waals surface area (Å²) in [5.74, 6) is -0.527. The van der Waals surface area contributed by atoms with Crippen LogP contribution < -0.4 is 5.32 Å². The van der Waals surface area contributed by atoms with E-state index < -0.39 is 18.2 Å². The molecule has 59 heavy (non-hydrogen) atoms. The Hall–Kier alpha value is -2.70. The van der Waals surface area contributed by atoms with Crippen molar-refractivity contribution < 1.29 is 24.5 Å². The van der Waals surface area contributed by atoms with Gasteiger partial charge in [0.1, 0.15) is 6.10 Å². The van der Waals surface area contributed by atoms with Gasteiger partial charge in [-0.2, -0.15) is 0 Å². The van der Waals surface area contributed by atoms with E-state index >= 15 is 0 Å². The molecule has 3 N–H and O–H groups in total. The molecular formula is C53H93NO5. The van der Waals surface area contributed by atoms with Gasteiger partial charge in [-0.1, -0.05) is 241 Å². The predicted octanol–water partition coefficient (Wildman–Crippen LogP) is 14.6. The molecule has 3 atom stereocenters. The van der Waals surface area contributed by atoms with Crippen molar-refractivity contribution in [3.63, 3.8) is 0 Å². The molecule has 340 valence electrons. The van der Waals surface area contributed by atoms with Crippen LogP contribution in [0.3, 0.4) is 0 Å². The summed E-state index contributed by atoms with van der Waals surface area (Å²) in [6.45, 7) is 6.31. The lowest BCUT2D eigenvalue weighted by Crippen LogP contribution is -2.46. The van der Waals surface area contributed by atoms with Gasteiger partial charge >= 0.3 is 5.97 Å². The van der Waals surface area contributed by atoms with Crippen molar-refractivity contribution in [1.82, 2.24) is 5.32 Å². The number of nitrogens with one attached hydrogen (secondary N) is 1. The normalized spacial score (nSPS) is 13.9. The van der Waals surface area contributed by atoms with E-state index in [4.69, 9.17) is 4.74 Å². The first-order valence-electron chi connectivity index (χ1n) is 24.7. The molecule has 0 spiro atoms. The number of aliphatic hydroxyl groups is 2. The second kappa shape index (κ2) is 46.4. The van der Waals surface area contributed by atoms with E-state index in [0.717, 1.165) is 70.6 Å². The van der Waals surface area contributed by atoms with Gasteiger partial charge in [-0.15, -0.1) is 0 Å². The van der Waals surface area contributed by atoms with Crippen LogP contribution in [-0.4, -0.2) is 46.9 Å². The van der Waals surface area contributed by atoms with Gasteiger partial charge in [-0.3, -0.25) is 9.59 Å². The van der Waals surface area contributed by atoms with Crippen molar-refractivity contribution in [1.29, 1.82) is 0 Å². The zero-order valence-electron chi connectivity index (χ0n) is 38.6. The number of carbonyl (C=O) groups is 2. The number of amides is 1. The molecule has 0 aliphatic carbocycles. The maximum atomic E-state index is 13.1. The maximum Gasteiger partial charge on any atom is 0.306 e. The van der Waals surface area contributed by atoms with Crippen LogP contribution in [0.15, 0.2) is 72.9 Å². The number of aliphatic hydroxyl groups excluding tert-OH is 2. The van der Waals surface area contributed by atoms with Gasteiger partial charge < -0.3 is 20.3 Å². The first-order chi connectivity index (χ1) is 29.0. The molecule has 0 rings (SSSR count). The van der Waals surface area contributed by atoms with Crippen LogP contribution in [0.5, 0.6) is 0 Å². The van der Waals surface area contributed by atoms with E-state index in [1.807, 2.05) is 54.7 Å². The topological polar surface area (TPSA) is 95.9 Å². The van der Waals surface area contributed by atoms with Gasteiger partial charge in [0.05, 0.1) is 25.2 Å². The number of rotatable bonds is 43. The Bertz CT molecular complexity index is 1110. The summed E-state index contributed by atoms with van der Waals surface area (Å²) in [5, 5.41) is 23.7. The molecule has 6 nitrogen and oxygen atoms in total. The molecule has 0 saturated heterocycles. The minimum Gasteiger partial charge on any atom is -0.462 e. The standard InChI is InChI=1S/C53H93NO5/c1-4-7-10-13-16-19-21-23-25-26-27-29-31-34-37-40-43-46-53(58)59-49(44-41-38-35-32-18-15-12-9-6-3)47-52(57)54-50(48-55)51(56)45-42-39-36-33-30-28-24-22-20-17-14-11-8-5-2/h7,10,13,16,19,21,23,25-27,29,31,49-51,55-56H,4-6,8-9,11-12,14-15,17-18,20,22,24,28,30,32-48H2,1-3H3,(H,54,57)/b10-7-,16-13+,21-19+,25-23-,27-26+,31-29+. The predicted molar refractivity (Wildman–Crippen MR) is 255 cm³/mol. The monoisotopic (exact) mass is 824 g/mol. The molecule has 0 aliphatic rings. The molecule has 0 saturated carbocycles. The molecule has 1 amide bonds. The van der Waals surface area contributed by atoms with Gasteiger partial charge in [0.15, 0.2) is 0 Å². The number of allylic oxidation sites excluding steroid dienone is 12. The van der Waals surface area contributed by atoms with Gasteiger partial charge in [-0.05, 0) is 44.9 Å². The summed E-state index contributed by atoms with van der Waals surface area (Å²) in [7, 11) is 0. The van der Waals surface area contributed by atoms with Gasteiger partial charge in [-0.25, -0.2) is 0 Å². The Morgan fingerprint density at radius 2 is 0.915 bits per heavy atom. The maximum absolute atomic E-state index is 13.1. The Balaban J connectivity index is 4.57. The Kier molecular flexibility index (Phi) is 44.2. The Labute approximate surface area is 364 Å². The Morgan fingerprint density at radius 3 is 1.37 bits per heavy atom. The second-order valence-electron chi connectivity index (χ2n) is 16.6. The van der Waals surface area contributed by atoms with Crippen LogP contribution in [0.1, 0.15) is 226 Å². The van der Waals surface area contributed by atoms with Crippen molar-refractivity contribution in [3.05, 3.63) is 72.9 Å². The highest BCUT2D eigenvalue weighted by Crippen LogP contribution is 2.18.